The standard InChI is InChI=1S/C12H17NO5.ClH/c1-18-12(17)13-6-7-2-3-9(14)4-8(7)5-10(13)11(15)16;/h7-8,10H,2-6H2,1H3,(H,15,16);1H/t7-,8+,10-;/m0./s1. The fourth-order valence-electron chi connectivity index (χ4n) is 3.01. The minimum Gasteiger partial charge on any atom is -0.480 e. The number of hydrogen-bond donors (Lipinski definition) is 1. The van der Waals surface area contributed by atoms with Gasteiger partial charge in [0.2, 0.25) is 0 Å². The van der Waals surface area contributed by atoms with E-state index in [2.05, 4.69) is 4.74 Å². The molecule has 7 heteroatoms. The van der Waals surface area contributed by atoms with Crippen LogP contribution in [0.15, 0.2) is 0 Å². The summed E-state index contributed by atoms with van der Waals surface area (Å²) in [5.74, 6) is -0.519. The zero-order valence-electron chi connectivity index (χ0n) is 10.7. The van der Waals surface area contributed by atoms with Gasteiger partial charge in [-0.2, -0.15) is 0 Å². The molecule has 108 valence electrons. The molecule has 2 aliphatic rings. The van der Waals surface area contributed by atoms with Crippen LogP contribution in [0.1, 0.15) is 25.7 Å². The summed E-state index contributed by atoms with van der Waals surface area (Å²) in [4.78, 5) is 35.5. The first kappa shape index (κ1) is 15.8. The van der Waals surface area contributed by atoms with Gasteiger partial charge < -0.3 is 9.84 Å². The summed E-state index contributed by atoms with van der Waals surface area (Å²) in [7, 11) is 1.25. The van der Waals surface area contributed by atoms with Crippen molar-refractivity contribution in [2.75, 3.05) is 13.7 Å². The summed E-state index contributed by atoms with van der Waals surface area (Å²) in [5.41, 5.74) is 0. The minimum atomic E-state index is -1.03. The van der Waals surface area contributed by atoms with Crippen LogP contribution >= 0.6 is 12.4 Å². The Kier molecular flexibility index (Phi) is 5.17. The SMILES string of the molecule is COC(=O)N1C[C@@H]2CCC(=O)C[C@@H]2C[C@H]1C(=O)O.Cl. The molecule has 1 saturated heterocycles. The van der Waals surface area contributed by atoms with Crippen molar-refractivity contribution < 1.29 is 24.2 Å². The van der Waals surface area contributed by atoms with E-state index in [1.54, 1.807) is 0 Å². The second-order valence-electron chi connectivity index (χ2n) is 5.01. The molecule has 1 heterocycles. The van der Waals surface area contributed by atoms with Crippen LogP contribution < -0.4 is 0 Å². The third-order valence-corrected chi connectivity index (χ3v) is 3.98. The van der Waals surface area contributed by atoms with Gasteiger partial charge in [0.05, 0.1) is 7.11 Å². The lowest BCUT2D eigenvalue weighted by molar-refractivity contribution is -0.147. The molecule has 1 saturated carbocycles. The van der Waals surface area contributed by atoms with Crippen molar-refractivity contribution in [1.82, 2.24) is 4.90 Å². The average Bonchev–Trinajstić information content (AvgIpc) is 2.36. The molecule has 2 fully saturated rings. The Morgan fingerprint density at radius 1 is 1.37 bits per heavy atom. The van der Waals surface area contributed by atoms with Gasteiger partial charge in [-0.15, -0.1) is 12.4 Å². The van der Waals surface area contributed by atoms with Crippen LogP contribution in [0.2, 0.25) is 0 Å². The topological polar surface area (TPSA) is 83.9 Å². The van der Waals surface area contributed by atoms with Crippen LogP contribution in [0, 0.1) is 11.8 Å². The van der Waals surface area contributed by atoms with Gasteiger partial charge in [0.25, 0.3) is 0 Å². The highest BCUT2D eigenvalue weighted by Crippen LogP contribution is 2.37. The van der Waals surface area contributed by atoms with Crippen LogP contribution in [-0.2, 0) is 14.3 Å². The second kappa shape index (κ2) is 6.23. The number of carbonyl (C=O) groups excluding carboxylic acids is 2. The summed E-state index contributed by atoms with van der Waals surface area (Å²) in [5, 5.41) is 9.17. The maximum absolute atomic E-state index is 11.6. The normalized spacial score (nSPS) is 30.1. The van der Waals surface area contributed by atoms with E-state index in [-0.39, 0.29) is 30.0 Å². The predicted octanol–water partition coefficient (Wildman–Crippen LogP) is 1.32. The number of aliphatic carboxylic acids is 1. The number of carbonyl (C=O) groups is 3. The molecule has 0 bridgehead atoms. The minimum absolute atomic E-state index is 0. The number of methoxy groups -OCH3 is 1. The number of carboxylic acid groups (broad SMARTS) is 1. The Hall–Kier alpha value is -1.30. The molecule has 1 amide bonds. The van der Waals surface area contributed by atoms with E-state index < -0.39 is 18.1 Å². The number of Topliss-reactive ketones (excluding diaryl/α,β-unsaturated/α-hetero) is 1. The molecule has 3 atom stereocenters. The van der Waals surface area contributed by atoms with Gasteiger partial charge in [0, 0.05) is 19.4 Å². The highest BCUT2D eigenvalue weighted by atomic mass is 35.5. The first-order valence-electron chi connectivity index (χ1n) is 6.12. The van der Waals surface area contributed by atoms with E-state index in [1.165, 1.54) is 12.0 Å². The van der Waals surface area contributed by atoms with Gasteiger partial charge in [-0.25, -0.2) is 9.59 Å². The summed E-state index contributed by atoms with van der Waals surface area (Å²) >= 11 is 0. The molecule has 1 aliphatic heterocycles. The van der Waals surface area contributed by atoms with Crippen LogP contribution in [-0.4, -0.2) is 47.5 Å². The number of piperidine rings is 1. The molecule has 6 nitrogen and oxygen atoms in total. The van der Waals surface area contributed by atoms with Crippen LogP contribution in [0.5, 0.6) is 0 Å². The Bertz CT molecular complexity index is 386. The Morgan fingerprint density at radius 3 is 2.63 bits per heavy atom. The highest BCUT2D eigenvalue weighted by Gasteiger charge is 2.43. The molecular weight excluding hydrogens is 274 g/mol. The van der Waals surface area contributed by atoms with Crippen LogP contribution in [0.4, 0.5) is 4.79 Å². The van der Waals surface area contributed by atoms with Crippen molar-refractivity contribution in [2.45, 2.75) is 31.7 Å². The summed E-state index contributed by atoms with van der Waals surface area (Å²) < 4.78 is 4.63. The lowest BCUT2D eigenvalue weighted by Crippen LogP contribution is -2.54. The zero-order chi connectivity index (χ0) is 13.3. The smallest absolute Gasteiger partial charge is 0.410 e. The number of ether oxygens (including phenoxy) is 1. The van der Waals surface area contributed by atoms with Crippen LogP contribution in [0.25, 0.3) is 0 Å². The third kappa shape index (κ3) is 3.18. The van der Waals surface area contributed by atoms with Crippen molar-refractivity contribution in [3.63, 3.8) is 0 Å². The fourth-order valence-corrected chi connectivity index (χ4v) is 3.01. The molecule has 0 spiro atoms. The van der Waals surface area contributed by atoms with Crippen molar-refractivity contribution in [1.29, 1.82) is 0 Å². The molecular formula is C12H18ClNO5. The molecule has 0 unspecified atom stereocenters. The second-order valence-corrected chi connectivity index (χ2v) is 5.01. The molecule has 0 aromatic heterocycles. The fraction of sp³-hybridized carbons (Fsp3) is 0.750. The van der Waals surface area contributed by atoms with Crippen LogP contribution in [0.3, 0.4) is 0 Å². The number of amides is 1. The maximum Gasteiger partial charge on any atom is 0.410 e. The van der Waals surface area contributed by atoms with E-state index in [9.17, 15) is 19.5 Å². The van der Waals surface area contributed by atoms with E-state index in [1.807, 2.05) is 0 Å². The number of rotatable bonds is 1. The molecule has 0 aromatic carbocycles. The first-order chi connectivity index (χ1) is 8.52. The molecule has 19 heavy (non-hydrogen) atoms. The summed E-state index contributed by atoms with van der Waals surface area (Å²) in [6.07, 6.45) is 1.47. The highest BCUT2D eigenvalue weighted by molar-refractivity contribution is 5.85. The lowest BCUT2D eigenvalue weighted by atomic mass is 9.72. The van der Waals surface area contributed by atoms with Crippen molar-refractivity contribution in [3.8, 4) is 0 Å². The first-order valence-corrected chi connectivity index (χ1v) is 6.12. The van der Waals surface area contributed by atoms with Crippen molar-refractivity contribution in [2.24, 2.45) is 11.8 Å². The molecule has 1 N–H and O–H groups in total. The van der Waals surface area contributed by atoms with Gasteiger partial charge >= 0.3 is 12.1 Å². The largest absolute Gasteiger partial charge is 0.480 e. The van der Waals surface area contributed by atoms with E-state index in [0.29, 0.717) is 25.8 Å². The number of fused-ring (bicyclic) bond motifs is 1. The van der Waals surface area contributed by atoms with Gasteiger partial charge in [-0.3, -0.25) is 9.69 Å². The van der Waals surface area contributed by atoms with Gasteiger partial charge in [0.15, 0.2) is 0 Å². The quantitative estimate of drug-likeness (QED) is 0.787. The Balaban J connectivity index is 0.00000180. The summed E-state index contributed by atoms with van der Waals surface area (Å²) in [6.45, 7) is 0.377. The van der Waals surface area contributed by atoms with Gasteiger partial charge in [0.1, 0.15) is 11.8 Å². The van der Waals surface area contributed by atoms with Gasteiger partial charge in [-0.1, -0.05) is 0 Å². The average molecular weight is 292 g/mol. The van der Waals surface area contributed by atoms with E-state index in [4.69, 9.17) is 0 Å². The molecule has 0 aromatic rings. The number of halogens is 1. The summed E-state index contributed by atoms with van der Waals surface area (Å²) in [6, 6.07) is -0.871. The van der Waals surface area contributed by atoms with Gasteiger partial charge in [-0.05, 0) is 24.7 Å². The number of hydrogen-bond acceptors (Lipinski definition) is 4. The lowest BCUT2D eigenvalue weighted by Gasteiger charge is -2.43. The predicted molar refractivity (Wildman–Crippen MR) is 68.2 cm³/mol. The Morgan fingerprint density at radius 2 is 2.05 bits per heavy atom. The van der Waals surface area contributed by atoms with E-state index in [0.717, 1.165) is 6.42 Å². The van der Waals surface area contributed by atoms with Crippen molar-refractivity contribution >= 4 is 30.3 Å². The number of ketones is 1. The van der Waals surface area contributed by atoms with Crippen molar-refractivity contribution in [3.05, 3.63) is 0 Å². The third-order valence-electron chi connectivity index (χ3n) is 3.98. The monoisotopic (exact) mass is 291 g/mol. The zero-order valence-corrected chi connectivity index (χ0v) is 11.5. The number of nitrogens with zero attached hydrogens (tertiary/aromatic N) is 1. The number of likely N-dealkylation sites (tertiary alicyclic amines) is 1. The molecule has 0 radical (unpaired) electrons. The molecule has 2 rings (SSSR count). The molecule has 1 aliphatic carbocycles. The number of carboxylic acids is 1. The maximum atomic E-state index is 11.6. The van der Waals surface area contributed by atoms with E-state index >= 15 is 0 Å². The Labute approximate surface area is 117 Å².